The number of aromatic carboxylic acids is 1. The molecule has 0 bridgehead atoms. The van der Waals surface area contributed by atoms with Crippen LogP contribution in [0.1, 0.15) is 23.7 Å². The number of aliphatic hydroxyl groups excluding tert-OH is 1. The van der Waals surface area contributed by atoms with Gasteiger partial charge in [-0.3, -0.25) is 0 Å². The summed E-state index contributed by atoms with van der Waals surface area (Å²) in [6.45, 7) is 2.20. The van der Waals surface area contributed by atoms with Crippen LogP contribution in [0.15, 0.2) is 27.6 Å². The number of carboxylic acid groups (broad SMARTS) is 1. The number of aliphatic hydroxyl groups is 1. The molecule has 0 saturated carbocycles. The lowest BCUT2D eigenvalue weighted by atomic mass is 10.0. The van der Waals surface area contributed by atoms with Gasteiger partial charge in [0.25, 0.3) is 0 Å². The fourth-order valence-corrected chi connectivity index (χ4v) is 4.80. The van der Waals surface area contributed by atoms with Gasteiger partial charge in [0.2, 0.25) is 10.0 Å². The van der Waals surface area contributed by atoms with Crippen molar-refractivity contribution in [2.75, 3.05) is 13.1 Å². The molecule has 2 rings (SSSR count). The van der Waals surface area contributed by atoms with Gasteiger partial charge in [0.05, 0.1) is 16.6 Å². The maximum atomic E-state index is 12.6. The summed E-state index contributed by atoms with van der Waals surface area (Å²) >= 11 is 3.16. The molecule has 1 aromatic rings. The first-order valence-electron chi connectivity index (χ1n) is 6.44. The third-order valence-electron chi connectivity index (χ3n) is 3.67. The normalized spacial score (nSPS) is 21.4. The number of carboxylic acids is 1. The lowest BCUT2D eigenvalue weighted by Gasteiger charge is -2.18. The lowest BCUT2D eigenvalue weighted by Crippen LogP contribution is -2.30. The van der Waals surface area contributed by atoms with Gasteiger partial charge in [-0.05, 0) is 53.4 Å². The topological polar surface area (TPSA) is 94.9 Å². The summed E-state index contributed by atoms with van der Waals surface area (Å²) in [5, 5.41) is 18.6. The number of halogens is 1. The third-order valence-corrected chi connectivity index (χ3v) is 6.52. The second-order valence-corrected chi connectivity index (χ2v) is 7.86. The summed E-state index contributed by atoms with van der Waals surface area (Å²) < 4.78 is 26.9. The molecule has 1 heterocycles. The van der Waals surface area contributed by atoms with E-state index in [9.17, 15) is 18.3 Å². The Morgan fingerprint density at radius 1 is 1.48 bits per heavy atom. The first-order chi connectivity index (χ1) is 9.73. The van der Waals surface area contributed by atoms with E-state index in [-0.39, 0.29) is 22.9 Å². The summed E-state index contributed by atoms with van der Waals surface area (Å²) in [6, 6.07) is 3.91. The van der Waals surface area contributed by atoms with Crippen molar-refractivity contribution < 1.29 is 23.4 Å². The van der Waals surface area contributed by atoms with Crippen LogP contribution in [-0.2, 0) is 10.0 Å². The van der Waals surface area contributed by atoms with E-state index in [1.165, 1.54) is 16.4 Å². The van der Waals surface area contributed by atoms with E-state index in [0.717, 1.165) is 6.07 Å². The maximum absolute atomic E-state index is 12.6. The molecule has 116 valence electrons. The average Bonchev–Trinajstić information content (AvgIpc) is 2.89. The van der Waals surface area contributed by atoms with Crippen LogP contribution < -0.4 is 0 Å². The van der Waals surface area contributed by atoms with Gasteiger partial charge >= 0.3 is 5.97 Å². The van der Waals surface area contributed by atoms with Gasteiger partial charge in [-0.15, -0.1) is 0 Å². The zero-order chi connectivity index (χ0) is 15.8. The summed E-state index contributed by atoms with van der Waals surface area (Å²) in [5.74, 6) is -1.27. The minimum absolute atomic E-state index is 0.0614. The Hall–Kier alpha value is -0.960. The molecule has 1 fully saturated rings. The minimum Gasteiger partial charge on any atom is -0.478 e. The molecule has 2 unspecified atom stereocenters. The van der Waals surface area contributed by atoms with Crippen molar-refractivity contribution >= 4 is 31.9 Å². The van der Waals surface area contributed by atoms with E-state index in [1.807, 2.05) is 0 Å². The quantitative estimate of drug-likeness (QED) is 0.829. The second kappa shape index (κ2) is 6.04. The van der Waals surface area contributed by atoms with Gasteiger partial charge in [0.1, 0.15) is 0 Å². The highest BCUT2D eigenvalue weighted by Crippen LogP contribution is 2.30. The van der Waals surface area contributed by atoms with Crippen molar-refractivity contribution in [1.29, 1.82) is 0 Å². The molecule has 0 amide bonds. The molecule has 6 nitrogen and oxygen atoms in total. The Bertz CT molecular complexity index is 659. The van der Waals surface area contributed by atoms with Crippen LogP contribution in [0, 0.1) is 5.92 Å². The molecule has 0 spiro atoms. The molecule has 1 aliphatic heterocycles. The van der Waals surface area contributed by atoms with Crippen LogP contribution >= 0.6 is 15.9 Å². The van der Waals surface area contributed by atoms with E-state index in [2.05, 4.69) is 15.9 Å². The summed E-state index contributed by atoms with van der Waals surface area (Å²) in [7, 11) is -3.78. The fourth-order valence-electron chi connectivity index (χ4n) is 2.34. The van der Waals surface area contributed by atoms with Crippen molar-refractivity contribution in [3.8, 4) is 0 Å². The molecule has 21 heavy (non-hydrogen) atoms. The van der Waals surface area contributed by atoms with Crippen molar-refractivity contribution in [3.63, 3.8) is 0 Å². The predicted octanol–water partition coefficient (Wildman–Crippen LogP) is 1.54. The first kappa shape index (κ1) is 16.4. The largest absolute Gasteiger partial charge is 0.478 e. The number of rotatable bonds is 4. The Labute approximate surface area is 131 Å². The highest BCUT2D eigenvalue weighted by Gasteiger charge is 2.35. The predicted molar refractivity (Wildman–Crippen MR) is 79.6 cm³/mol. The molecule has 8 heteroatoms. The van der Waals surface area contributed by atoms with E-state index in [0.29, 0.717) is 17.4 Å². The van der Waals surface area contributed by atoms with Gasteiger partial charge in [0, 0.05) is 17.6 Å². The summed E-state index contributed by atoms with van der Waals surface area (Å²) in [6.07, 6.45) is 0.0200. The van der Waals surface area contributed by atoms with Crippen molar-refractivity contribution in [2.45, 2.75) is 24.3 Å². The minimum atomic E-state index is -3.78. The molecule has 1 saturated heterocycles. The fraction of sp³-hybridized carbons (Fsp3) is 0.462. The van der Waals surface area contributed by atoms with Gasteiger partial charge in [-0.1, -0.05) is 0 Å². The van der Waals surface area contributed by atoms with E-state index >= 15 is 0 Å². The Kier molecular flexibility index (Phi) is 4.72. The molecule has 0 aliphatic carbocycles. The van der Waals surface area contributed by atoms with E-state index in [4.69, 9.17) is 5.11 Å². The van der Waals surface area contributed by atoms with Crippen LogP contribution in [0.4, 0.5) is 0 Å². The highest BCUT2D eigenvalue weighted by atomic mass is 79.9. The van der Waals surface area contributed by atoms with Crippen molar-refractivity contribution in [2.24, 2.45) is 5.92 Å². The van der Waals surface area contributed by atoms with Crippen LogP contribution in [0.5, 0.6) is 0 Å². The summed E-state index contributed by atoms with van der Waals surface area (Å²) in [5.41, 5.74) is -0.0805. The van der Waals surface area contributed by atoms with Crippen molar-refractivity contribution in [3.05, 3.63) is 28.2 Å². The third kappa shape index (κ3) is 3.28. The van der Waals surface area contributed by atoms with E-state index in [1.54, 1.807) is 6.92 Å². The Morgan fingerprint density at radius 2 is 2.14 bits per heavy atom. The van der Waals surface area contributed by atoms with Crippen LogP contribution in [0.25, 0.3) is 0 Å². The zero-order valence-electron chi connectivity index (χ0n) is 11.4. The lowest BCUT2D eigenvalue weighted by molar-refractivity contribution is 0.0696. The number of carbonyl (C=O) groups is 1. The molecule has 1 aromatic carbocycles. The smallest absolute Gasteiger partial charge is 0.335 e. The molecule has 0 radical (unpaired) electrons. The first-order valence-corrected chi connectivity index (χ1v) is 8.68. The molecular weight excluding hydrogens is 362 g/mol. The number of hydrogen-bond acceptors (Lipinski definition) is 4. The molecular formula is C13H16BrNO5S. The van der Waals surface area contributed by atoms with Gasteiger partial charge in [-0.25, -0.2) is 13.2 Å². The number of sulfonamides is 1. The zero-order valence-corrected chi connectivity index (χ0v) is 13.8. The van der Waals surface area contributed by atoms with Gasteiger partial charge < -0.3 is 10.2 Å². The Morgan fingerprint density at radius 3 is 2.67 bits per heavy atom. The van der Waals surface area contributed by atoms with Crippen LogP contribution in [-0.4, -0.2) is 48.1 Å². The number of hydrogen-bond donors (Lipinski definition) is 2. The van der Waals surface area contributed by atoms with E-state index < -0.39 is 22.1 Å². The maximum Gasteiger partial charge on any atom is 0.335 e. The van der Waals surface area contributed by atoms with Crippen molar-refractivity contribution in [1.82, 2.24) is 4.31 Å². The number of benzene rings is 1. The average molecular weight is 378 g/mol. The molecule has 2 N–H and O–H groups in total. The summed E-state index contributed by atoms with van der Waals surface area (Å²) in [4.78, 5) is 10.9. The second-order valence-electron chi connectivity index (χ2n) is 5.10. The van der Waals surface area contributed by atoms with Crippen LogP contribution in [0.3, 0.4) is 0 Å². The Balaban J connectivity index is 2.36. The number of nitrogens with zero attached hydrogens (tertiary/aromatic N) is 1. The molecule has 1 aliphatic rings. The van der Waals surface area contributed by atoms with Gasteiger partial charge in [-0.2, -0.15) is 4.31 Å². The standard InChI is InChI=1S/C13H16BrNO5S/c1-8(16)10-4-5-15(7-10)21(19,20)12-6-9(13(17)18)2-3-11(12)14/h2-3,6,8,10,16H,4-5,7H2,1H3,(H,17,18). The molecule has 2 atom stereocenters. The van der Waals surface area contributed by atoms with Gasteiger partial charge in [0.15, 0.2) is 0 Å². The van der Waals surface area contributed by atoms with Crippen LogP contribution in [0.2, 0.25) is 0 Å². The highest BCUT2D eigenvalue weighted by molar-refractivity contribution is 9.10. The molecule has 0 aromatic heterocycles. The SMILES string of the molecule is CC(O)C1CCN(S(=O)(=O)c2cc(C(=O)O)ccc2Br)C1. The monoisotopic (exact) mass is 377 g/mol.